The Morgan fingerprint density at radius 2 is 1.92 bits per heavy atom. The van der Waals surface area contributed by atoms with Gasteiger partial charge in [0.25, 0.3) is 0 Å². The summed E-state index contributed by atoms with van der Waals surface area (Å²) in [7, 11) is -1.06. The number of hydrogen-bond acceptors (Lipinski definition) is 3. The third kappa shape index (κ3) is 5.05. The minimum absolute atomic E-state index is 0.323. The van der Waals surface area contributed by atoms with E-state index in [0.717, 1.165) is 6.54 Å². The van der Waals surface area contributed by atoms with Crippen molar-refractivity contribution in [1.29, 1.82) is 0 Å². The molecule has 0 aliphatic carbocycles. The normalized spacial score (nSPS) is 13.4. The van der Waals surface area contributed by atoms with Crippen molar-refractivity contribution in [2.24, 2.45) is 0 Å². The summed E-state index contributed by atoms with van der Waals surface area (Å²) in [6, 6.07) is 0. The molecule has 0 spiro atoms. The van der Waals surface area contributed by atoms with Gasteiger partial charge in [0.05, 0.1) is 5.25 Å². The van der Waals surface area contributed by atoms with Gasteiger partial charge < -0.3 is 4.90 Å². The smallest absolute Gasteiger partial charge is 0.173 e. The van der Waals surface area contributed by atoms with Crippen molar-refractivity contribution in [2.75, 3.05) is 20.1 Å². The summed E-state index contributed by atoms with van der Waals surface area (Å²) in [5, 5.41) is 0.986. The third-order valence-corrected chi connectivity index (χ3v) is 3.79. The number of sulfone groups is 1. The predicted octanol–water partition coefficient (Wildman–Crippen LogP) is 1.28. The van der Waals surface area contributed by atoms with Crippen LogP contribution in [0.25, 0.3) is 0 Å². The van der Waals surface area contributed by atoms with Crippen molar-refractivity contribution in [3.05, 3.63) is 11.5 Å². The van der Waals surface area contributed by atoms with Gasteiger partial charge in [0.2, 0.25) is 0 Å². The first-order valence-corrected chi connectivity index (χ1v) is 6.10. The van der Waals surface area contributed by atoms with Gasteiger partial charge in [-0.05, 0) is 27.4 Å². The number of nitrogens with zero attached hydrogens (tertiary/aromatic N) is 1. The van der Waals surface area contributed by atoms with Gasteiger partial charge in [-0.15, -0.1) is 0 Å². The Morgan fingerprint density at radius 1 is 1.38 bits per heavy atom. The van der Waals surface area contributed by atoms with Gasteiger partial charge in [-0.25, -0.2) is 8.42 Å². The first-order valence-electron chi connectivity index (χ1n) is 4.49. The van der Waals surface area contributed by atoms with E-state index in [1.165, 1.54) is 5.41 Å². The van der Waals surface area contributed by atoms with E-state index in [1.54, 1.807) is 19.9 Å². The Kier molecular flexibility index (Phi) is 5.25. The van der Waals surface area contributed by atoms with Gasteiger partial charge in [-0.2, -0.15) is 0 Å². The maximum absolute atomic E-state index is 11.3. The average Bonchev–Trinajstić information content (AvgIpc) is 2.03. The molecular weight excluding hydrogens is 186 g/mol. The lowest BCUT2D eigenvalue weighted by Crippen LogP contribution is -2.18. The maximum atomic E-state index is 11.3. The SMILES string of the molecule is CCN(C)C/C=C/S(=O)(=O)C(C)C. The Morgan fingerprint density at radius 3 is 2.31 bits per heavy atom. The van der Waals surface area contributed by atoms with E-state index in [9.17, 15) is 8.42 Å². The average molecular weight is 205 g/mol. The van der Waals surface area contributed by atoms with Crippen LogP contribution in [0.3, 0.4) is 0 Å². The van der Waals surface area contributed by atoms with Crippen molar-refractivity contribution in [3.63, 3.8) is 0 Å². The minimum atomic E-state index is -3.01. The molecule has 78 valence electrons. The molecular formula is C9H19NO2S. The Bertz CT molecular complexity index is 255. The molecule has 3 nitrogen and oxygen atoms in total. The van der Waals surface area contributed by atoms with Crippen LogP contribution in [0.1, 0.15) is 20.8 Å². The molecule has 0 rings (SSSR count). The summed E-state index contributed by atoms with van der Waals surface area (Å²) < 4.78 is 22.6. The van der Waals surface area contributed by atoms with Gasteiger partial charge in [-0.1, -0.05) is 13.0 Å². The Labute approximate surface area is 81.4 Å². The van der Waals surface area contributed by atoms with E-state index in [0.29, 0.717) is 6.54 Å². The molecule has 0 aromatic carbocycles. The van der Waals surface area contributed by atoms with Gasteiger partial charge in [0, 0.05) is 12.0 Å². The molecule has 0 bridgehead atoms. The minimum Gasteiger partial charge on any atom is -0.303 e. The van der Waals surface area contributed by atoms with Crippen LogP contribution in [-0.4, -0.2) is 38.7 Å². The van der Waals surface area contributed by atoms with Crippen LogP contribution in [0.5, 0.6) is 0 Å². The number of hydrogen-bond donors (Lipinski definition) is 0. The molecule has 0 aliphatic heterocycles. The molecule has 0 unspecified atom stereocenters. The van der Waals surface area contributed by atoms with Gasteiger partial charge in [0.1, 0.15) is 0 Å². The molecule has 0 saturated carbocycles. The van der Waals surface area contributed by atoms with Crippen molar-refractivity contribution in [1.82, 2.24) is 4.90 Å². The lowest BCUT2D eigenvalue weighted by molar-refractivity contribution is 0.392. The molecule has 0 fully saturated rings. The highest BCUT2D eigenvalue weighted by Crippen LogP contribution is 2.01. The van der Waals surface area contributed by atoms with Gasteiger partial charge in [-0.3, -0.25) is 0 Å². The largest absolute Gasteiger partial charge is 0.303 e. The van der Waals surface area contributed by atoms with E-state index in [4.69, 9.17) is 0 Å². The number of rotatable bonds is 5. The predicted molar refractivity (Wildman–Crippen MR) is 56.4 cm³/mol. The lowest BCUT2D eigenvalue weighted by atomic mass is 10.5. The zero-order valence-electron chi connectivity index (χ0n) is 8.82. The molecule has 0 aromatic heterocycles. The summed E-state index contributed by atoms with van der Waals surface area (Å²) in [4.78, 5) is 2.03. The second-order valence-corrected chi connectivity index (χ2v) is 5.76. The summed E-state index contributed by atoms with van der Waals surface area (Å²) >= 11 is 0. The second kappa shape index (κ2) is 5.40. The summed E-state index contributed by atoms with van der Waals surface area (Å²) in [6.45, 7) is 7.01. The van der Waals surface area contributed by atoms with Crippen LogP contribution in [0.15, 0.2) is 11.5 Å². The summed E-state index contributed by atoms with van der Waals surface area (Å²) in [5.41, 5.74) is 0. The van der Waals surface area contributed by atoms with Crippen LogP contribution in [0.4, 0.5) is 0 Å². The van der Waals surface area contributed by atoms with Crippen molar-refractivity contribution >= 4 is 9.84 Å². The van der Waals surface area contributed by atoms with Crippen LogP contribution in [0, 0.1) is 0 Å². The van der Waals surface area contributed by atoms with E-state index in [-0.39, 0.29) is 5.25 Å². The summed E-state index contributed by atoms with van der Waals surface area (Å²) in [5.74, 6) is 0. The molecule has 4 heteroatoms. The standard InChI is InChI=1S/C9H19NO2S/c1-5-10(4)7-6-8-13(11,12)9(2)3/h6,8-9H,5,7H2,1-4H3/b8-6+. The molecule has 0 aromatic rings. The molecule has 13 heavy (non-hydrogen) atoms. The molecule has 0 radical (unpaired) electrons. The van der Waals surface area contributed by atoms with E-state index in [1.807, 2.05) is 18.9 Å². The summed E-state index contributed by atoms with van der Waals surface area (Å²) in [6.07, 6.45) is 1.69. The van der Waals surface area contributed by atoms with Crippen LogP contribution in [0.2, 0.25) is 0 Å². The fourth-order valence-electron chi connectivity index (χ4n) is 0.643. The first-order chi connectivity index (χ1) is 5.90. The molecule has 0 saturated heterocycles. The Hall–Kier alpha value is -0.350. The van der Waals surface area contributed by atoms with Crippen LogP contribution in [-0.2, 0) is 9.84 Å². The zero-order valence-corrected chi connectivity index (χ0v) is 9.63. The highest BCUT2D eigenvalue weighted by atomic mass is 32.2. The first kappa shape index (κ1) is 12.7. The highest BCUT2D eigenvalue weighted by Gasteiger charge is 2.10. The highest BCUT2D eigenvalue weighted by molar-refractivity contribution is 7.94. The van der Waals surface area contributed by atoms with E-state index < -0.39 is 9.84 Å². The molecule has 0 atom stereocenters. The van der Waals surface area contributed by atoms with Gasteiger partial charge >= 0.3 is 0 Å². The molecule has 0 aliphatic rings. The third-order valence-electron chi connectivity index (χ3n) is 1.90. The van der Waals surface area contributed by atoms with Crippen molar-refractivity contribution in [3.8, 4) is 0 Å². The van der Waals surface area contributed by atoms with Gasteiger partial charge in [0.15, 0.2) is 9.84 Å². The molecule has 0 N–H and O–H groups in total. The van der Waals surface area contributed by atoms with Crippen molar-refractivity contribution < 1.29 is 8.42 Å². The zero-order chi connectivity index (χ0) is 10.5. The molecule has 0 heterocycles. The second-order valence-electron chi connectivity index (χ2n) is 3.36. The van der Waals surface area contributed by atoms with Crippen molar-refractivity contribution in [2.45, 2.75) is 26.0 Å². The quantitative estimate of drug-likeness (QED) is 0.678. The topological polar surface area (TPSA) is 37.4 Å². The number of likely N-dealkylation sites (N-methyl/N-ethyl adjacent to an activating group) is 1. The monoisotopic (exact) mass is 205 g/mol. The van der Waals surface area contributed by atoms with E-state index in [2.05, 4.69) is 0 Å². The maximum Gasteiger partial charge on any atom is 0.173 e. The fraction of sp³-hybridized carbons (Fsp3) is 0.778. The molecule has 0 amide bonds. The van der Waals surface area contributed by atoms with Crippen LogP contribution >= 0.6 is 0 Å². The fourth-order valence-corrected chi connectivity index (χ4v) is 1.31. The van der Waals surface area contributed by atoms with Crippen LogP contribution < -0.4 is 0 Å². The van der Waals surface area contributed by atoms with E-state index >= 15 is 0 Å². The Balaban J connectivity index is 4.13. The lowest BCUT2D eigenvalue weighted by Gasteiger charge is -2.09.